The molecule has 0 radical (unpaired) electrons. The topological polar surface area (TPSA) is 60.2 Å². The van der Waals surface area contributed by atoms with E-state index in [0.717, 1.165) is 5.56 Å². The molecular formula is C13H21NO2S. The summed E-state index contributed by atoms with van der Waals surface area (Å²) in [7, 11) is -2.94. The molecule has 0 saturated heterocycles. The van der Waals surface area contributed by atoms with E-state index in [1.165, 1.54) is 6.26 Å². The van der Waals surface area contributed by atoms with Gasteiger partial charge in [-0.05, 0) is 12.0 Å². The van der Waals surface area contributed by atoms with Crippen LogP contribution in [0.4, 0.5) is 0 Å². The SMILES string of the molecule is CC(C)(c1ccccc1)C(N)CCS(C)(=O)=O. The summed E-state index contributed by atoms with van der Waals surface area (Å²) in [6.07, 6.45) is 1.73. The molecule has 0 aromatic heterocycles. The maximum atomic E-state index is 11.1. The smallest absolute Gasteiger partial charge is 0.147 e. The Morgan fingerprint density at radius 1 is 1.24 bits per heavy atom. The Morgan fingerprint density at radius 3 is 2.24 bits per heavy atom. The Hall–Kier alpha value is -0.870. The van der Waals surface area contributed by atoms with Crippen molar-refractivity contribution < 1.29 is 8.42 Å². The fourth-order valence-electron chi connectivity index (χ4n) is 1.78. The van der Waals surface area contributed by atoms with E-state index in [9.17, 15) is 8.42 Å². The first-order valence-electron chi connectivity index (χ1n) is 5.72. The summed E-state index contributed by atoms with van der Waals surface area (Å²) in [5.74, 6) is 0.143. The molecule has 1 unspecified atom stereocenters. The van der Waals surface area contributed by atoms with E-state index in [4.69, 9.17) is 5.73 Å². The summed E-state index contributed by atoms with van der Waals surface area (Å²) in [6, 6.07) is 9.79. The summed E-state index contributed by atoms with van der Waals surface area (Å²) in [5.41, 5.74) is 7.05. The quantitative estimate of drug-likeness (QED) is 0.871. The minimum absolute atomic E-state index is 0.143. The first-order chi connectivity index (χ1) is 7.73. The second-order valence-corrected chi connectivity index (χ2v) is 7.37. The molecule has 0 saturated carbocycles. The molecule has 0 aliphatic rings. The molecule has 17 heavy (non-hydrogen) atoms. The van der Waals surface area contributed by atoms with Crippen molar-refractivity contribution in [1.29, 1.82) is 0 Å². The van der Waals surface area contributed by atoms with E-state index < -0.39 is 9.84 Å². The van der Waals surface area contributed by atoms with E-state index in [1.54, 1.807) is 0 Å². The largest absolute Gasteiger partial charge is 0.327 e. The Kier molecular flexibility index (Phi) is 4.33. The summed E-state index contributed by atoms with van der Waals surface area (Å²) in [5, 5.41) is 0. The summed E-state index contributed by atoms with van der Waals surface area (Å²) < 4.78 is 22.3. The van der Waals surface area contributed by atoms with Crippen LogP contribution in [-0.2, 0) is 15.3 Å². The van der Waals surface area contributed by atoms with Crippen LogP contribution >= 0.6 is 0 Å². The van der Waals surface area contributed by atoms with E-state index >= 15 is 0 Å². The lowest BCUT2D eigenvalue weighted by Gasteiger charge is -2.32. The van der Waals surface area contributed by atoms with Crippen LogP contribution in [0.3, 0.4) is 0 Å². The van der Waals surface area contributed by atoms with Crippen LogP contribution in [0.1, 0.15) is 25.8 Å². The van der Waals surface area contributed by atoms with E-state index in [1.807, 2.05) is 30.3 Å². The molecule has 0 heterocycles. The average molecular weight is 255 g/mol. The van der Waals surface area contributed by atoms with Crippen LogP contribution in [0.2, 0.25) is 0 Å². The monoisotopic (exact) mass is 255 g/mol. The number of hydrogen-bond acceptors (Lipinski definition) is 3. The van der Waals surface area contributed by atoms with Gasteiger partial charge in [-0.1, -0.05) is 44.2 Å². The molecule has 3 nitrogen and oxygen atoms in total. The van der Waals surface area contributed by atoms with Crippen molar-refractivity contribution >= 4 is 9.84 Å². The highest BCUT2D eigenvalue weighted by molar-refractivity contribution is 7.90. The van der Waals surface area contributed by atoms with Crippen molar-refractivity contribution in [2.24, 2.45) is 5.73 Å². The van der Waals surface area contributed by atoms with Gasteiger partial charge in [0.25, 0.3) is 0 Å². The Labute approximate surface area is 104 Å². The van der Waals surface area contributed by atoms with Crippen LogP contribution in [0.5, 0.6) is 0 Å². The predicted molar refractivity (Wildman–Crippen MR) is 71.8 cm³/mol. The lowest BCUT2D eigenvalue weighted by Crippen LogP contribution is -2.42. The van der Waals surface area contributed by atoms with Crippen molar-refractivity contribution in [2.75, 3.05) is 12.0 Å². The van der Waals surface area contributed by atoms with Gasteiger partial charge in [0.1, 0.15) is 9.84 Å². The van der Waals surface area contributed by atoms with Crippen LogP contribution in [0.15, 0.2) is 30.3 Å². The standard InChI is InChI=1S/C13H21NO2S/c1-13(2,11-7-5-4-6-8-11)12(14)9-10-17(3,15)16/h4-8,12H,9-10,14H2,1-3H3. The lowest BCUT2D eigenvalue weighted by atomic mass is 9.77. The molecule has 1 rings (SSSR count). The fraction of sp³-hybridized carbons (Fsp3) is 0.538. The molecule has 0 bridgehead atoms. The molecular weight excluding hydrogens is 234 g/mol. The van der Waals surface area contributed by atoms with E-state index in [-0.39, 0.29) is 17.2 Å². The molecule has 0 spiro atoms. The van der Waals surface area contributed by atoms with Gasteiger partial charge < -0.3 is 5.73 Å². The highest BCUT2D eigenvalue weighted by atomic mass is 32.2. The first-order valence-corrected chi connectivity index (χ1v) is 7.78. The molecule has 96 valence electrons. The lowest BCUT2D eigenvalue weighted by molar-refractivity contribution is 0.399. The van der Waals surface area contributed by atoms with Crippen molar-refractivity contribution in [3.63, 3.8) is 0 Å². The zero-order valence-electron chi connectivity index (χ0n) is 10.7. The van der Waals surface area contributed by atoms with E-state index in [0.29, 0.717) is 6.42 Å². The Bertz CT molecular complexity index is 452. The first kappa shape index (κ1) is 14.2. The van der Waals surface area contributed by atoms with E-state index in [2.05, 4.69) is 13.8 Å². The van der Waals surface area contributed by atoms with Gasteiger partial charge in [0.2, 0.25) is 0 Å². The van der Waals surface area contributed by atoms with Gasteiger partial charge in [-0.2, -0.15) is 0 Å². The molecule has 4 heteroatoms. The third-order valence-electron chi connectivity index (χ3n) is 3.24. The molecule has 0 amide bonds. The molecule has 1 aromatic rings. The minimum Gasteiger partial charge on any atom is -0.327 e. The third-order valence-corrected chi connectivity index (χ3v) is 4.22. The van der Waals surface area contributed by atoms with Crippen LogP contribution in [0.25, 0.3) is 0 Å². The Morgan fingerprint density at radius 2 is 1.76 bits per heavy atom. The van der Waals surface area contributed by atoms with Gasteiger partial charge in [-0.25, -0.2) is 8.42 Å². The van der Waals surface area contributed by atoms with Crippen molar-refractivity contribution in [2.45, 2.75) is 31.7 Å². The molecule has 0 aliphatic carbocycles. The predicted octanol–water partition coefficient (Wildman–Crippen LogP) is 1.73. The summed E-state index contributed by atoms with van der Waals surface area (Å²) >= 11 is 0. The Balaban J connectivity index is 2.77. The minimum atomic E-state index is -2.94. The van der Waals surface area contributed by atoms with Crippen molar-refractivity contribution in [3.05, 3.63) is 35.9 Å². The molecule has 1 atom stereocenters. The number of rotatable bonds is 5. The van der Waals surface area contributed by atoms with Gasteiger partial charge >= 0.3 is 0 Å². The van der Waals surface area contributed by atoms with Gasteiger partial charge in [0, 0.05) is 17.7 Å². The number of sulfone groups is 1. The van der Waals surface area contributed by atoms with Crippen molar-refractivity contribution in [1.82, 2.24) is 0 Å². The number of hydrogen-bond donors (Lipinski definition) is 1. The second-order valence-electron chi connectivity index (χ2n) is 5.11. The third kappa shape index (κ3) is 4.13. The highest BCUT2D eigenvalue weighted by Crippen LogP contribution is 2.27. The van der Waals surface area contributed by atoms with Crippen LogP contribution in [-0.4, -0.2) is 26.5 Å². The van der Waals surface area contributed by atoms with Gasteiger partial charge in [0.15, 0.2) is 0 Å². The van der Waals surface area contributed by atoms with Crippen molar-refractivity contribution in [3.8, 4) is 0 Å². The zero-order valence-corrected chi connectivity index (χ0v) is 11.5. The summed E-state index contributed by atoms with van der Waals surface area (Å²) in [4.78, 5) is 0. The van der Waals surface area contributed by atoms with Crippen LogP contribution in [0, 0.1) is 0 Å². The molecule has 0 fully saturated rings. The fourth-order valence-corrected chi connectivity index (χ4v) is 2.47. The van der Waals surface area contributed by atoms with Gasteiger partial charge in [0.05, 0.1) is 5.75 Å². The van der Waals surface area contributed by atoms with Gasteiger partial charge in [-0.15, -0.1) is 0 Å². The molecule has 1 aromatic carbocycles. The maximum Gasteiger partial charge on any atom is 0.147 e. The second kappa shape index (κ2) is 5.19. The normalized spacial score (nSPS) is 14.6. The number of nitrogens with two attached hydrogens (primary N) is 1. The highest BCUT2D eigenvalue weighted by Gasteiger charge is 2.28. The molecule has 0 aliphatic heterocycles. The number of benzene rings is 1. The summed E-state index contributed by atoms with van der Waals surface area (Å²) in [6.45, 7) is 4.10. The van der Waals surface area contributed by atoms with Crippen LogP contribution < -0.4 is 5.73 Å². The zero-order chi connectivity index (χ0) is 13.1. The maximum absolute atomic E-state index is 11.1. The molecule has 2 N–H and O–H groups in total. The average Bonchev–Trinajstić information content (AvgIpc) is 2.26. The van der Waals surface area contributed by atoms with Gasteiger partial charge in [-0.3, -0.25) is 0 Å².